The fraction of sp³-hybridized carbons (Fsp3) is 0.400. The van der Waals surface area contributed by atoms with E-state index in [1.807, 2.05) is 0 Å². The minimum atomic E-state index is -0.125. The van der Waals surface area contributed by atoms with Crippen molar-refractivity contribution in [3.05, 3.63) is 23.7 Å². The Balaban J connectivity index is -0.000000180. The summed E-state index contributed by atoms with van der Waals surface area (Å²) in [7, 11) is 0. The Morgan fingerprint density at radius 1 is 0.800 bits per heavy atom. The number of rotatable bonds is 2. The van der Waals surface area contributed by atoms with Gasteiger partial charge in [0.15, 0.2) is 11.6 Å². The predicted octanol–water partition coefficient (Wildman–Crippen LogP) is 2.07. The zero-order chi connectivity index (χ0) is 11.7. The van der Waals surface area contributed by atoms with Gasteiger partial charge in [-0.2, -0.15) is 0 Å². The molecule has 15 heavy (non-hydrogen) atoms. The van der Waals surface area contributed by atoms with E-state index in [1.165, 1.54) is 39.8 Å². The van der Waals surface area contributed by atoms with Crippen molar-refractivity contribution in [2.45, 2.75) is 27.7 Å². The molecule has 2 N–H and O–H groups in total. The first kappa shape index (κ1) is 19.6. The first-order valence-corrected chi connectivity index (χ1v) is 4.01. The predicted molar refractivity (Wildman–Crippen MR) is 54.1 cm³/mol. The summed E-state index contributed by atoms with van der Waals surface area (Å²) in [5.41, 5.74) is 0. The van der Waals surface area contributed by atoms with Crippen molar-refractivity contribution in [1.29, 1.82) is 0 Å². The van der Waals surface area contributed by atoms with Gasteiger partial charge in [0.25, 0.3) is 0 Å². The summed E-state index contributed by atoms with van der Waals surface area (Å²) in [6, 6.07) is 0. The van der Waals surface area contributed by atoms with Crippen LogP contribution in [0.1, 0.15) is 27.7 Å². The van der Waals surface area contributed by atoms with Crippen LogP contribution in [-0.2, 0) is 28.1 Å². The molecule has 0 heterocycles. The fourth-order valence-electron chi connectivity index (χ4n) is 0.588. The van der Waals surface area contributed by atoms with Gasteiger partial charge in [0.05, 0.1) is 11.5 Å². The second kappa shape index (κ2) is 11.1. The Labute approximate surface area is 102 Å². The third-order valence-corrected chi connectivity index (χ3v) is 0.824. The molecular formula is C10H16O4V. The summed E-state index contributed by atoms with van der Waals surface area (Å²) in [5.74, 6) is -0.125. The molecule has 85 valence electrons. The molecule has 0 rings (SSSR count). The van der Waals surface area contributed by atoms with Crippen molar-refractivity contribution in [2.24, 2.45) is 0 Å². The number of carbonyl (C=O) groups is 2. The van der Waals surface area contributed by atoms with Gasteiger partial charge in [0.2, 0.25) is 0 Å². The van der Waals surface area contributed by atoms with Crippen LogP contribution >= 0.6 is 0 Å². The standard InChI is InChI=1S/2C5H8O2.V/c2*1-4(6)3-5(2)7;/h2*3,6H,1-2H3;/b2*4-3-;. The number of carbonyl (C=O) groups excluding carboxylic acids is 2. The van der Waals surface area contributed by atoms with E-state index >= 15 is 0 Å². The molecule has 0 aliphatic heterocycles. The number of hydrogen-bond acceptors (Lipinski definition) is 4. The van der Waals surface area contributed by atoms with Gasteiger partial charge in [-0.1, -0.05) is 0 Å². The van der Waals surface area contributed by atoms with Gasteiger partial charge in [0, 0.05) is 30.7 Å². The van der Waals surface area contributed by atoms with Crippen LogP contribution in [0.25, 0.3) is 0 Å². The maximum atomic E-state index is 10.0. The second-order valence-corrected chi connectivity index (χ2v) is 2.79. The smallest absolute Gasteiger partial charge is 0.155 e. The Morgan fingerprint density at radius 2 is 1.00 bits per heavy atom. The van der Waals surface area contributed by atoms with Gasteiger partial charge < -0.3 is 10.2 Å². The summed E-state index contributed by atoms with van der Waals surface area (Å²) in [5, 5.41) is 16.7. The molecule has 0 atom stereocenters. The molecule has 0 aromatic rings. The topological polar surface area (TPSA) is 74.6 Å². The van der Waals surface area contributed by atoms with E-state index < -0.39 is 0 Å². The molecule has 0 amide bonds. The van der Waals surface area contributed by atoms with E-state index in [4.69, 9.17) is 10.2 Å². The second-order valence-electron chi connectivity index (χ2n) is 2.79. The summed E-state index contributed by atoms with van der Waals surface area (Å²) in [4.78, 5) is 20.0. The summed E-state index contributed by atoms with van der Waals surface area (Å²) < 4.78 is 0. The maximum Gasteiger partial charge on any atom is 0.155 e. The van der Waals surface area contributed by atoms with E-state index in [9.17, 15) is 9.59 Å². The van der Waals surface area contributed by atoms with E-state index in [1.54, 1.807) is 0 Å². The Hall–Kier alpha value is -0.996. The minimum absolute atomic E-state index is 0. The average Bonchev–Trinajstić information content (AvgIpc) is 1.79. The van der Waals surface area contributed by atoms with Gasteiger partial charge in [-0.15, -0.1) is 0 Å². The van der Waals surface area contributed by atoms with Crippen LogP contribution in [0.5, 0.6) is 0 Å². The molecule has 5 heteroatoms. The molecule has 0 fully saturated rings. The summed E-state index contributed by atoms with van der Waals surface area (Å²) in [6.45, 7) is 5.70. The Morgan fingerprint density at radius 3 is 1.00 bits per heavy atom. The van der Waals surface area contributed by atoms with Crippen LogP contribution in [0.2, 0.25) is 0 Å². The molecule has 1 radical (unpaired) electrons. The zero-order valence-electron chi connectivity index (χ0n) is 9.31. The Kier molecular flexibility index (Phi) is 14.4. The van der Waals surface area contributed by atoms with E-state index in [2.05, 4.69) is 0 Å². The number of ketones is 2. The molecule has 0 bridgehead atoms. The van der Waals surface area contributed by atoms with Gasteiger partial charge in [-0.25, -0.2) is 0 Å². The van der Waals surface area contributed by atoms with Crippen molar-refractivity contribution in [2.75, 3.05) is 0 Å². The Bertz CT molecular complexity index is 231. The van der Waals surface area contributed by atoms with Crippen LogP contribution in [0, 0.1) is 0 Å². The van der Waals surface area contributed by atoms with Crippen molar-refractivity contribution in [3.8, 4) is 0 Å². The van der Waals surface area contributed by atoms with E-state index in [0.717, 1.165) is 0 Å². The van der Waals surface area contributed by atoms with E-state index in [0.29, 0.717) is 0 Å². The molecule has 0 saturated heterocycles. The normalized spacial score (nSPS) is 10.7. The van der Waals surface area contributed by atoms with Crippen LogP contribution in [0.3, 0.4) is 0 Å². The van der Waals surface area contributed by atoms with Gasteiger partial charge in [-0.05, 0) is 27.7 Å². The van der Waals surface area contributed by atoms with Crippen LogP contribution < -0.4 is 0 Å². The zero-order valence-corrected chi connectivity index (χ0v) is 10.7. The maximum absolute atomic E-state index is 10.0. The fourth-order valence-corrected chi connectivity index (χ4v) is 0.588. The van der Waals surface area contributed by atoms with Crippen LogP contribution in [-0.4, -0.2) is 21.8 Å². The van der Waals surface area contributed by atoms with Crippen molar-refractivity contribution < 1.29 is 38.4 Å². The number of aliphatic hydroxyl groups excluding tert-OH is 2. The van der Waals surface area contributed by atoms with Crippen molar-refractivity contribution >= 4 is 11.6 Å². The SMILES string of the molecule is CC(=O)/C=C(/C)O.CC(=O)/C=C(/C)O.[V]. The molecule has 4 nitrogen and oxygen atoms in total. The number of aliphatic hydroxyl groups is 2. The molecule has 0 saturated carbocycles. The molecular weight excluding hydrogens is 235 g/mol. The molecule has 0 aliphatic carbocycles. The van der Waals surface area contributed by atoms with Crippen molar-refractivity contribution in [1.82, 2.24) is 0 Å². The quantitative estimate of drug-likeness (QED) is 0.582. The molecule has 0 unspecified atom stereocenters. The number of hydrogen-bond donors (Lipinski definition) is 2. The first-order chi connectivity index (χ1) is 6.25. The van der Waals surface area contributed by atoms with Crippen molar-refractivity contribution in [3.63, 3.8) is 0 Å². The minimum Gasteiger partial charge on any atom is -0.512 e. The van der Waals surface area contributed by atoms with Gasteiger partial charge >= 0.3 is 0 Å². The third kappa shape index (κ3) is 32.1. The van der Waals surface area contributed by atoms with Crippen LogP contribution in [0.4, 0.5) is 0 Å². The summed E-state index contributed by atoms with van der Waals surface area (Å²) >= 11 is 0. The molecule has 0 spiro atoms. The third-order valence-electron chi connectivity index (χ3n) is 0.824. The van der Waals surface area contributed by atoms with E-state index in [-0.39, 0.29) is 41.6 Å². The summed E-state index contributed by atoms with van der Waals surface area (Å²) in [6.07, 6.45) is 2.33. The van der Waals surface area contributed by atoms with Gasteiger partial charge in [0.1, 0.15) is 0 Å². The van der Waals surface area contributed by atoms with Crippen LogP contribution in [0.15, 0.2) is 23.7 Å². The van der Waals surface area contributed by atoms with Gasteiger partial charge in [-0.3, -0.25) is 9.59 Å². The largest absolute Gasteiger partial charge is 0.512 e. The monoisotopic (exact) mass is 251 g/mol. The average molecular weight is 251 g/mol. The molecule has 0 aliphatic rings. The first-order valence-electron chi connectivity index (χ1n) is 4.01. The molecule has 0 aromatic carbocycles. The number of allylic oxidation sites excluding steroid dienone is 4. The molecule has 0 aromatic heterocycles.